The van der Waals surface area contributed by atoms with E-state index >= 15 is 0 Å². The number of alkyl halides is 3. The van der Waals surface area contributed by atoms with Crippen LogP contribution in [0, 0.1) is 0 Å². The van der Waals surface area contributed by atoms with Gasteiger partial charge in [0.15, 0.2) is 0 Å². The molecule has 4 rings (SSSR count). The van der Waals surface area contributed by atoms with Gasteiger partial charge in [-0.3, -0.25) is 9.59 Å². The predicted octanol–water partition coefficient (Wildman–Crippen LogP) is 3.69. The Morgan fingerprint density at radius 3 is 2.53 bits per heavy atom. The predicted molar refractivity (Wildman–Crippen MR) is 121 cm³/mol. The molecular formula is C25H28F3N3O3. The van der Waals surface area contributed by atoms with E-state index in [0.717, 1.165) is 17.2 Å². The number of nitrogens with zero attached hydrogens (tertiary/aromatic N) is 2. The van der Waals surface area contributed by atoms with Crippen LogP contribution in [0.3, 0.4) is 0 Å². The van der Waals surface area contributed by atoms with Gasteiger partial charge in [-0.05, 0) is 35.2 Å². The zero-order chi connectivity index (χ0) is 24.3. The van der Waals surface area contributed by atoms with E-state index in [0.29, 0.717) is 45.0 Å². The molecule has 2 aromatic rings. The highest BCUT2D eigenvalue weighted by atomic mass is 19.4. The van der Waals surface area contributed by atoms with E-state index in [9.17, 15) is 22.8 Å². The van der Waals surface area contributed by atoms with Crippen LogP contribution in [0.2, 0.25) is 0 Å². The third-order valence-electron chi connectivity index (χ3n) is 6.45. The van der Waals surface area contributed by atoms with Gasteiger partial charge in [-0.25, -0.2) is 0 Å². The lowest BCUT2D eigenvalue weighted by Gasteiger charge is -2.36. The van der Waals surface area contributed by atoms with Crippen LogP contribution in [-0.2, 0) is 33.5 Å². The van der Waals surface area contributed by atoms with Crippen LogP contribution < -0.4 is 10.2 Å². The topological polar surface area (TPSA) is 61.9 Å². The van der Waals surface area contributed by atoms with Crippen LogP contribution in [-0.4, -0.2) is 49.6 Å². The quantitative estimate of drug-likeness (QED) is 0.717. The Kier molecular flexibility index (Phi) is 7.11. The summed E-state index contributed by atoms with van der Waals surface area (Å²) in [5.41, 5.74) is 1.72. The first-order valence-electron chi connectivity index (χ1n) is 11.4. The van der Waals surface area contributed by atoms with Crippen molar-refractivity contribution < 1.29 is 27.5 Å². The third-order valence-corrected chi connectivity index (χ3v) is 6.45. The zero-order valence-corrected chi connectivity index (χ0v) is 19.0. The van der Waals surface area contributed by atoms with Crippen LogP contribution in [0.1, 0.15) is 41.6 Å². The fourth-order valence-electron chi connectivity index (χ4n) is 4.69. The van der Waals surface area contributed by atoms with E-state index < -0.39 is 23.7 Å². The number of hydrogen-bond donors (Lipinski definition) is 1. The summed E-state index contributed by atoms with van der Waals surface area (Å²) < 4.78 is 46.7. The van der Waals surface area contributed by atoms with Gasteiger partial charge in [-0.1, -0.05) is 30.3 Å². The molecule has 2 aromatic carbocycles. The molecule has 0 radical (unpaired) electrons. The monoisotopic (exact) mass is 475 g/mol. The standard InChI is InChI=1S/C25H28F3N3O3/c1-17(32)31-9-8-18-4-2-3-5-21(18)23(31)15-24(33)29-16-19-6-7-20(14-22(19)25(26,27)28)30-10-12-34-13-11-30/h2-7,14,23H,8-13,15-16H2,1H3,(H,29,33). The summed E-state index contributed by atoms with van der Waals surface area (Å²) in [7, 11) is 0. The molecule has 0 bridgehead atoms. The first kappa shape index (κ1) is 24.1. The van der Waals surface area contributed by atoms with Crippen molar-refractivity contribution >= 4 is 17.5 Å². The largest absolute Gasteiger partial charge is 0.416 e. The minimum absolute atomic E-state index is 0.00493. The molecule has 1 fully saturated rings. The number of hydrogen-bond acceptors (Lipinski definition) is 4. The molecule has 1 saturated heterocycles. The number of fused-ring (bicyclic) bond motifs is 1. The molecule has 1 unspecified atom stereocenters. The normalized spacial score (nSPS) is 18.4. The van der Waals surface area contributed by atoms with Gasteiger partial charge in [-0.15, -0.1) is 0 Å². The van der Waals surface area contributed by atoms with Gasteiger partial charge in [0.25, 0.3) is 0 Å². The summed E-state index contributed by atoms with van der Waals surface area (Å²) in [6.07, 6.45) is -3.85. The van der Waals surface area contributed by atoms with Crippen molar-refractivity contribution in [3.63, 3.8) is 0 Å². The number of ether oxygens (including phenoxy) is 1. The van der Waals surface area contributed by atoms with Crippen LogP contribution >= 0.6 is 0 Å². The molecule has 2 heterocycles. The van der Waals surface area contributed by atoms with Crippen molar-refractivity contribution in [1.29, 1.82) is 0 Å². The smallest absolute Gasteiger partial charge is 0.378 e. The summed E-state index contributed by atoms with van der Waals surface area (Å²) in [5, 5.41) is 2.64. The second-order valence-electron chi connectivity index (χ2n) is 8.60. The lowest BCUT2D eigenvalue weighted by atomic mass is 9.90. The maximum Gasteiger partial charge on any atom is 0.416 e. The maximum absolute atomic E-state index is 13.8. The number of nitrogens with one attached hydrogen (secondary N) is 1. The van der Waals surface area contributed by atoms with E-state index in [1.165, 1.54) is 13.0 Å². The van der Waals surface area contributed by atoms with Gasteiger partial charge in [0.1, 0.15) is 0 Å². The summed E-state index contributed by atoms with van der Waals surface area (Å²) in [4.78, 5) is 28.5. The molecule has 0 saturated carbocycles. The van der Waals surface area contributed by atoms with Gasteiger partial charge in [-0.2, -0.15) is 13.2 Å². The molecule has 0 aromatic heterocycles. The highest BCUT2D eigenvalue weighted by Crippen LogP contribution is 2.35. The molecule has 9 heteroatoms. The van der Waals surface area contributed by atoms with E-state index in [4.69, 9.17) is 4.74 Å². The number of benzene rings is 2. The Morgan fingerprint density at radius 2 is 1.82 bits per heavy atom. The first-order chi connectivity index (χ1) is 16.2. The van der Waals surface area contributed by atoms with Crippen molar-refractivity contribution in [1.82, 2.24) is 10.2 Å². The summed E-state index contributed by atoms with van der Waals surface area (Å²) in [5.74, 6) is -0.538. The molecule has 2 aliphatic rings. The lowest BCUT2D eigenvalue weighted by molar-refractivity contribution is -0.139. The van der Waals surface area contributed by atoms with Crippen molar-refractivity contribution in [2.24, 2.45) is 0 Å². The number of carbonyl (C=O) groups excluding carboxylic acids is 2. The Labute approximate surface area is 196 Å². The second-order valence-corrected chi connectivity index (χ2v) is 8.60. The minimum Gasteiger partial charge on any atom is -0.378 e. The van der Waals surface area contributed by atoms with Crippen molar-refractivity contribution in [3.8, 4) is 0 Å². The SMILES string of the molecule is CC(=O)N1CCc2ccccc2C1CC(=O)NCc1ccc(N2CCOCC2)cc1C(F)(F)F. The summed E-state index contributed by atoms with van der Waals surface area (Å²) in [6.45, 7) is 3.73. The average molecular weight is 476 g/mol. The zero-order valence-electron chi connectivity index (χ0n) is 19.0. The van der Waals surface area contributed by atoms with Crippen LogP contribution in [0.25, 0.3) is 0 Å². The van der Waals surface area contributed by atoms with Crippen molar-refractivity contribution in [2.75, 3.05) is 37.7 Å². The highest BCUT2D eigenvalue weighted by molar-refractivity contribution is 5.79. The number of morpholine rings is 1. The van der Waals surface area contributed by atoms with Crippen LogP contribution in [0.15, 0.2) is 42.5 Å². The highest BCUT2D eigenvalue weighted by Gasteiger charge is 2.35. The molecule has 2 aliphatic heterocycles. The van der Waals surface area contributed by atoms with E-state index in [1.54, 1.807) is 11.0 Å². The lowest BCUT2D eigenvalue weighted by Crippen LogP contribution is -2.41. The molecule has 182 valence electrons. The molecule has 1 atom stereocenters. The van der Waals surface area contributed by atoms with Crippen LogP contribution in [0.4, 0.5) is 18.9 Å². The van der Waals surface area contributed by atoms with Gasteiger partial charge >= 0.3 is 6.18 Å². The Morgan fingerprint density at radius 1 is 1.09 bits per heavy atom. The van der Waals surface area contributed by atoms with Gasteiger partial charge in [0.05, 0.1) is 31.2 Å². The molecular weight excluding hydrogens is 447 g/mol. The number of carbonyl (C=O) groups is 2. The number of halogens is 3. The molecule has 0 aliphatic carbocycles. The minimum atomic E-state index is -4.55. The molecule has 6 nitrogen and oxygen atoms in total. The van der Waals surface area contributed by atoms with Crippen molar-refractivity contribution in [3.05, 3.63) is 64.7 Å². The van der Waals surface area contributed by atoms with E-state index in [-0.39, 0.29) is 24.4 Å². The second kappa shape index (κ2) is 10.0. The maximum atomic E-state index is 13.8. The molecule has 34 heavy (non-hydrogen) atoms. The first-order valence-corrected chi connectivity index (χ1v) is 11.4. The van der Waals surface area contributed by atoms with Gasteiger partial charge < -0.3 is 19.9 Å². The van der Waals surface area contributed by atoms with E-state index in [2.05, 4.69) is 5.32 Å². The fraction of sp³-hybridized carbons (Fsp3) is 0.440. The van der Waals surface area contributed by atoms with Gasteiger partial charge in [0, 0.05) is 38.8 Å². The fourth-order valence-corrected chi connectivity index (χ4v) is 4.69. The summed E-state index contributed by atoms with van der Waals surface area (Å²) in [6, 6.07) is 11.4. The third kappa shape index (κ3) is 5.35. The Bertz CT molecular complexity index is 1050. The molecule has 2 amide bonds. The molecule has 0 spiro atoms. The Balaban J connectivity index is 1.48. The summed E-state index contributed by atoms with van der Waals surface area (Å²) >= 11 is 0. The number of amides is 2. The number of rotatable bonds is 5. The molecule has 1 N–H and O–H groups in total. The average Bonchev–Trinajstić information content (AvgIpc) is 2.82. The number of anilines is 1. The Hall–Kier alpha value is -3.07. The van der Waals surface area contributed by atoms with Gasteiger partial charge in [0.2, 0.25) is 11.8 Å². The van der Waals surface area contributed by atoms with E-state index in [1.807, 2.05) is 29.2 Å². The van der Waals surface area contributed by atoms with Crippen molar-refractivity contribution in [2.45, 2.75) is 38.5 Å². The van der Waals surface area contributed by atoms with Crippen LogP contribution in [0.5, 0.6) is 0 Å².